The van der Waals surface area contributed by atoms with Crippen LogP contribution in [0.15, 0.2) is 30.5 Å². The van der Waals surface area contributed by atoms with E-state index in [1.807, 2.05) is 30.5 Å². The molecular formula is C23H30ClN7. The molecule has 8 heteroatoms. The topological polar surface area (TPSA) is 93.7 Å². The van der Waals surface area contributed by atoms with Gasteiger partial charge in [-0.2, -0.15) is 4.98 Å². The summed E-state index contributed by atoms with van der Waals surface area (Å²) in [6.07, 6.45) is 9.79. The van der Waals surface area contributed by atoms with Crippen molar-refractivity contribution in [3.63, 3.8) is 0 Å². The molecule has 0 saturated heterocycles. The second kappa shape index (κ2) is 8.28. The average Bonchev–Trinajstić information content (AvgIpc) is 3.09. The summed E-state index contributed by atoms with van der Waals surface area (Å²) in [6.45, 7) is 3.00. The molecule has 2 aromatic heterocycles. The van der Waals surface area contributed by atoms with E-state index in [9.17, 15) is 0 Å². The van der Waals surface area contributed by atoms with Gasteiger partial charge < -0.3 is 16.4 Å². The number of halogens is 1. The van der Waals surface area contributed by atoms with Gasteiger partial charge in [0.15, 0.2) is 5.65 Å². The second-order valence-electron chi connectivity index (χ2n) is 9.29. The van der Waals surface area contributed by atoms with Crippen LogP contribution in [0.2, 0.25) is 5.02 Å². The first-order valence-electron chi connectivity index (χ1n) is 11.3. The maximum Gasteiger partial charge on any atom is 0.225 e. The van der Waals surface area contributed by atoms with E-state index in [0.29, 0.717) is 22.9 Å². The molecule has 3 aromatic rings. The monoisotopic (exact) mass is 439 g/mol. The summed E-state index contributed by atoms with van der Waals surface area (Å²) < 4.78 is 2.26. The number of hydrogen-bond donors (Lipinski definition) is 3. The van der Waals surface area contributed by atoms with E-state index < -0.39 is 0 Å². The van der Waals surface area contributed by atoms with Crippen molar-refractivity contribution < 1.29 is 0 Å². The van der Waals surface area contributed by atoms with E-state index in [0.717, 1.165) is 67.9 Å². The van der Waals surface area contributed by atoms with Crippen LogP contribution < -0.4 is 16.4 Å². The Morgan fingerprint density at radius 1 is 1.19 bits per heavy atom. The highest BCUT2D eigenvalue weighted by Gasteiger charge is 2.33. The summed E-state index contributed by atoms with van der Waals surface area (Å²) in [7, 11) is 0. The van der Waals surface area contributed by atoms with E-state index >= 15 is 0 Å². The van der Waals surface area contributed by atoms with Gasteiger partial charge in [0.2, 0.25) is 11.9 Å². The number of hydrogen-bond acceptors (Lipinski definition) is 6. The number of nitrogens with one attached hydrogen (secondary N) is 2. The Balaban J connectivity index is 1.52. The number of anilines is 3. The lowest BCUT2D eigenvalue weighted by molar-refractivity contribution is 0.284. The molecule has 2 saturated carbocycles. The van der Waals surface area contributed by atoms with Crippen LogP contribution in [0, 0.1) is 5.92 Å². The molecule has 1 aromatic carbocycles. The van der Waals surface area contributed by atoms with Crippen LogP contribution in [0.4, 0.5) is 17.6 Å². The van der Waals surface area contributed by atoms with Crippen molar-refractivity contribution in [3.05, 3.63) is 35.5 Å². The molecule has 0 spiro atoms. The smallest absolute Gasteiger partial charge is 0.225 e. The molecule has 31 heavy (non-hydrogen) atoms. The molecule has 7 nitrogen and oxygen atoms in total. The van der Waals surface area contributed by atoms with E-state index in [4.69, 9.17) is 27.3 Å². The predicted octanol–water partition coefficient (Wildman–Crippen LogP) is 5.27. The minimum atomic E-state index is 0.0968. The fourth-order valence-corrected chi connectivity index (χ4v) is 5.01. The fourth-order valence-electron chi connectivity index (χ4n) is 4.82. The highest BCUT2D eigenvalue weighted by atomic mass is 35.5. The van der Waals surface area contributed by atoms with Crippen LogP contribution in [-0.4, -0.2) is 31.6 Å². The van der Waals surface area contributed by atoms with Gasteiger partial charge in [-0.15, -0.1) is 0 Å². The highest BCUT2D eigenvalue weighted by Crippen LogP contribution is 2.38. The zero-order valence-electron chi connectivity index (χ0n) is 17.9. The second-order valence-corrected chi connectivity index (χ2v) is 9.73. The fraction of sp³-hybridized carbons (Fsp3) is 0.522. The summed E-state index contributed by atoms with van der Waals surface area (Å²) in [4.78, 5) is 14.3. The Hall–Kier alpha value is -2.38. The molecule has 0 bridgehead atoms. The summed E-state index contributed by atoms with van der Waals surface area (Å²) in [5, 5.41) is 7.70. The first-order chi connectivity index (χ1) is 15.0. The number of nitrogens with zero attached hydrogens (tertiary/aromatic N) is 4. The van der Waals surface area contributed by atoms with Crippen molar-refractivity contribution in [2.45, 2.75) is 63.5 Å². The van der Waals surface area contributed by atoms with E-state index in [1.54, 1.807) is 0 Å². The molecule has 2 heterocycles. The van der Waals surface area contributed by atoms with Crippen molar-refractivity contribution >= 4 is 40.3 Å². The zero-order valence-corrected chi connectivity index (χ0v) is 18.7. The number of benzene rings is 1. The number of imidazole rings is 1. The Morgan fingerprint density at radius 2 is 2.00 bits per heavy atom. The largest absolute Gasteiger partial charge is 0.349 e. The Kier molecular flexibility index (Phi) is 5.48. The molecule has 0 unspecified atom stereocenters. The van der Waals surface area contributed by atoms with Gasteiger partial charge in [-0.25, -0.2) is 9.97 Å². The maximum absolute atomic E-state index is 6.20. The molecule has 2 aliphatic rings. The predicted molar refractivity (Wildman–Crippen MR) is 126 cm³/mol. The molecule has 0 atom stereocenters. The van der Waals surface area contributed by atoms with Crippen molar-refractivity contribution in [1.82, 2.24) is 19.5 Å². The standard InChI is InChI=1S/C23H30ClN7/c1-23(10-3-11-23)30-21-26-14-19-20(29-21)31(18-8-6-15(13-25)7-9-18)22(28-19)27-17-5-2-4-16(24)12-17/h2,4-5,12,14-15,18H,3,6-11,13,25H2,1H3,(H,27,28)(H,26,29,30)/t15-,18+. The third kappa shape index (κ3) is 4.21. The van der Waals surface area contributed by atoms with Crippen LogP contribution >= 0.6 is 11.6 Å². The van der Waals surface area contributed by atoms with Gasteiger partial charge in [0, 0.05) is 22.3 Å². The Bertz CT molecular complexity index is 1070. The van der Waals surface area contributed by atoms with Gasteiger partial charge in [0.1, 0.15) is 5.52 Å². The number of aromatic nitrogens is 4. The molecule has 0 aliphatic heterocycles. The van der Waals surface area contributed by atoms with E-state index in [-0.39, 0.29) is 5.54 Å². The molecular weight excluding hydrogens is 410 g/mol. The van der Waals surface area contributed by atoms with Crippen LogP contribution in [0.3, 0.4) is 0 Å². The molecule has 5 rings (SSSR count). The lowest BCUT2D eigenvalue weighted by Crippen LogP contribution is -2.42. The van der Waals surface area contributed by atoms with E-state index in [2.05, 4.69) is 27.1 Å². The molecule has 4 N–H and O–H groups in total. The summed E-state index contributed by atoms with van der Waals surface area (Å²) >= 11 is 6.20. The van der Waals surface area contributed by atoms with Crippen LogP contribution in [0.25, 0.3) is 11.2 Å². The first kappa shape index (κ1) is 20.5. The van der Waals surface area contributed by atoms with Gasteiger partial charge in [0.05, 0.1) is 6.20 Å². The average molecular weight is 440 g/mol. The quantitative estimate of drug-likeness (QED) is 0.484. The van der Waals surface area contributed by atoms with Crippen LogP contribution in [-0.2, 0) is 0 Å². The maximum atomic E-state index is 6.20. The first-order valence-corrected chi connectivity index (χ1v) is 11.7. The van der Waals surface area contributed by atoms with Crippen LogP contribution in [0.5, 0.6) is 0 Å². The molecule has 0 radical (unpaired) electrons. The highest BCUT2D eigenvalue weighted by molar-refractivity contribution is 6.30. The molecule has 164 valence electrons. The number of fused-ring (bicyclic) bond motifs is 1. The third-order valence-electron chi connectivity index (χ3n) is 6.90. The molecule has 2 fully saturated rings. The third-order valence-corrected chi connectivity index (χ3v) is 7.13. The minimum absolute atomic E-state index is 0.0968. The van der Waals surface area contributed by atoms with Crippen molar-refractivity contribution in [1.29, 1.82) is 0 Å². The summed E-state index contributed by atoms with van der Waals surface area (Å²) in [5.41, 5.74) is 8.61. The van der Waals surface area contributed by atoms with Gasteiger partial charge in [0.25, 0.3) is 0 Å². The summed E-state index contributed by atoms with van der Waals surface area (Å²) in [5.74, 6) is 2.08. The minimum Gasteiger partial charge on any atom is -0.349 e. The van der Waals surface area contributed by atoms with Crippen molar-refractivity contribution in [2.75, 3.05) is 17.2 Å². The lowest BCUT2D eigenvalue weighted by Gasteiger charge is -2.39. The van der Waals surface area contributed by atoms with Crippen LogP contribution in [0.1, 0.15) is 57.9 Å². The van der Waals surface area contributed by atoms with Gasteiger partial charge in [-0.1, -0.05) is 17.7 Å². The van der Waals surface area contributed by atoms with Gasteiger partial charge in [-0.3, -0.25) is 4.57 Å². The van der Waals surface area contributed by atoms with Gasteiger partial charge >= 0.3 is 0 Å². The van der Waals surface area contributed by atoms with Crippen molar-refractivity contribution in [2.24, 2.45) is 11.7 Å². The Labute approximate surface area is 187 Å². The number of rotatable bonds is 6. The summed E-state index contributed by atoms with van der Waals surface area (Å²) in [6, 6.07) is 8.04. The Morgan fingerprint density at radius 3 is 2.68 bits per heavy atom. The lowest BCUT2D eigenvalue weighted by atomic mass is 9.79. The van der Waals surface area contributed by atoms with Gasteiger partial charge in [-0.05, 0) is 82.5 Å². The van der Waals surface area contributed by atoms with Crippen molar-refractivity contribution in [3.8, 4) is 0 Å². The zero-order chi connectivity index (χ0) is 21.4. The normalized spacial score (nSPS) is 22.8. The van der Waals surface area contributed by atoms with E-state index in [1.165, 1.54) is 6.42 Å². The SMILES string of the molecule is CC1(Nc2ncc3nc(Nc4cccc(Cl)c4)n([C@H]4CC[C@@H](CN)CC4)c3n2)CCC1. The molecule has 2 aliphatic carbocycles. The number of nitrogens with two attached hydrogens (primary N) is 1. The molecule has 0 amide bonds.